The molecule has 15 heavy (non-hydrogen) atoms. The summed E-state index contributed by atoms with van der Waals surface area (Å²) in [6.07, 6.45) is 0. The van der Waals surface area contributed by atoms with E-state index < -0.39 is 5.97 Å². The molecule has 1 aromatic rings. The lowest BCUT2D eigenvalue weighted by atomic mass is 10.1. The second-order valence-electron chi connectivity index (χ2n) is 4.56. The molecule has 0 spiro atoms. The maximum absolute atomic E-state index is 10.8. The first-order valence-electron chi connectivity index (χ1n) is 4.78. The molecule has 0 saturated carbocycles. The van der Waals surface area contributed by atoms with Crippen LogP contribution >= 0.6 is 0 Å². The normalized spacial score (nSPS) is 11.2. The van der Waals surface area contributed by atoms with Crippen molar-refractivity contribution in [3.05, 3.63) is 23.4 Å². The molecule has 1 aromatic heterocycles. The molecule has 0 fully saturated rings. The molecular weight excluding hydrogens is 192 g/mol. The summed E-state index contributed by atoms with van der Waals surface area (Å²) >= 11 is 0. The van der Waals surface area contributed by atoms with E-state index in [-0.39, 0.29) is 11.1 Å². The molecule has 0 aliphatic heterocycles. The average Bonchev–Trinajstić information content (AvgIpc) is 1.99. The van der Waals surface area contributed by atoms with Gasteiger partial charge in [0.05, 0.1) is 5.56 Å². The van der Waals surface area contributed by atoms with Gasteiger partial charge in [0.25, 0.3) is 0 Å². The van der Waals surface area contributed by atoms with Crippen molar-refractivity contribution in [2.75, 3.05) is 5.32 Å². The van der Waals surface area contributed by atoms with Gasteiger partial charge in [0.1, 0.15) is 5.82 Å². The fourth-order valence-corrected chi connectivity index (χ4v) is 1.24. The van der Waals surface area contributed by atoms with Crippen LogP contribution in [0.3, 0.4) is 0 Å². The van der Waals surface area contributed by atoms with Crippen molar-refractivity contribution in [1.29, 1.82) is 0 Å². The first kappa shape index (κ1) is 11.5. The zero-order chi connectivity index (χ0) is 11.6. The highest BCUT2D eigenvalue weighted by Gasteiger charge is 2.12. The van der Waals surface area contributed by atoms with Gasteiger partial charge in [0.15, 0.2) is 0 Å². The molecule has 0 aliphatic carbocycles. The quantitative estimate of drug-likeness (QED) is 0.782. The highest BCUT2D eigenvalue weighted by atomic mass is 16.4. The van der Waals surface area contributed by atoms with E-state index in [0.29, 0.717) is 11.5 Å². The van der Waals surface area contributed by atoms with Crippen LogP contribution in [0.1, 0.15) is 36.8 Å². The number of hydrogen-bond donors (Lipinski definition) is 2. The lowest BCUT2D eigenvalue weighted by Crippen LogP contribution is -2.27. The van der Waals surface area contributed by atoms with Crippen molar-refractivity contribution >= 4 is 11.8 Å². The maximum Gasteiger partial charge on any atom is 0.335 e. The van der Waals surface area contributed by atoms with Crippen LogP contribution in [0.2, 0.25) is 0 Å². The summed E-state index contributed by atoms with van der Waals surface area (Å²) < 4.78 is 0. The van der Waals surface area contributed by atoms with Crippen molar-refractivity contribution in [2.45, 2.75) is 33.2 Å². The highest BCUT2D eigenvalue weighted by molar-refractivity contribution is 5.88. The number of carbonyl (C=O) groups is 1. The number of carboxylic acid groups (broad SMARTS) is 1. The highest BCUT2D eigenvalue weighted by Crippen LogP contribution is 2.15. The Bertz CT molecular complexity index is 381. The molecule has 0 bridgehead atoms. The lowest BCUT2D eigenvalue weighted by molar-refractivity contribution is 0.0696. The molecule has 0 atom stereocenters. The largest absolute Gasteiger partial charge is 0.478 e. The van der Waals surface area contributed by atoms with Gasteiger partial charge in [-0.15, -0.1) is 0 Å². The Hall–Kier alpha value is -1.58. The molecule has 1 rings (SSSR count). The Morgan fingerprint density at radius 1 is 1.40 bits per heavy atom. The zero-order valence-corrected chi connectivity index (χ0v) is 9.46. The number of carboxylic acids is 1. The van der Waals surface area contributed by atoms with Crippen LogP contribution in [0.15, 0.2) is 12.1 Å². The van der Waals surface area contributed by atoms with Crippen molar-refractivity contribution in [1.82, 2.24) is 4.98 Å². The minimum atomic E-state index is -0.933. The van der Waals surface area contributed by atoms with Crippen LogP contribution in [0, 0.1) is 6.92 Å². The molecule has 0 amide bonds. The molecule has 4 heteroatoms. The van der Waals surface area contributed by atoms with Crippen LogP contribution < -0.4 is 5.32 Å². The Kier molecular flexibility index (Phi) is 2.98. The Morgan fingerprint density at radius 3 is 2.47 bits per heavy atom. The smallest absolute Gasteiger partial charge is 0.335 e. The van der Waals surface area contributed by atoms with Gasteiger partial charge in [-0.1, -0.05) is 0 Å². The van der Waals surface area contributed by atoms with Crippen LogP contribution in [-0.4, -0.2) is 21.6 Å². The monoisotopic (exact) mass is 208 g/mol. The molecule has 0 radical (unpaired) electrons. The average molecular weight is 208 g/mol. The van der Waals surface area contributed by atoms with Crippen molar-refractivity contribution < 1.29 is 9.90 Å². The first-order valence-corrected chi connectivity index (χ1v) is 4.78. The van der Waals surface area contributed by atoms with E-state index in [1.54, 1.807) is 19.1 Å². The molecular formula is C11H16N2O2. The third kappa shape index (κ3) is 3.58. The minimum absolute atomic E-state index is 0.128. The van der Waals surface area contributed by atoms with Crippen molar-refractivity contribution in [3.8, 4) is 0 Å². The fourth-order valence-electron chi connectivity index (χ4n) is 1.24. The van der Waals surface area contributed by atoms with Crippen molar-refractivity contribution in [2.24, 2.45) is 0 Å². The maximum atomic E-state index is 10.8. The molecule has 0 aromatic carbocycles. The summed E-state index contributed by atoms with van der Waals surface area (Å²) in [5, 5.41) is 12.0. The van der Waals surface area contributed by atoms with E-state index in [9.17, 15) is 4.79 Å². The van der Waals surface area contributed by atoms with Gasteiger partial charge in [0.2, 0.25) is 0 Å². The first-order chi connectivity index (χ1) is 6.78. The van der Waals surface area contributed by atoms with Crippen LogP contribution in [0.4, 0.5) is 5.82 Å². The van der Waals surface area contributed by atoms with Crippen LogP contribution in [-0.2, 0) is 0 Å². The van der Waals surface area contributed by atoms with Gasteiger partial charge < -0.3 is 10.4 Å². The molecule has 4 nitrogen and oxygen atoms in total. The zero-order valence-electron chi connectivity index (χ0n) is 9.46. The van der Waals surface area contributed by atoms with E-state index in [1.165, 1.54) is 0 Å². The summed E-state index contributed by atoms with van der Waals surface area (Å²) in [6.45, 7) is 7.77. The number of anilines is 1. The Labute approximate surface area is 89.3 Å². The third-order valence-electron chi connectivity index (χ3n) is 1.70. The number of nitrogens with zero attached hydrogens (tertiary/aromatic N) is 1. The molecule has 0 unspecified atom stereocenters. The molecule has 0 saturated heterocycles. The SMILES string of the molecule is Cc1cc(C(=O)O)cc(NC(C)(C)C)n1. The summed E-state index contributed by atoms with van der Waals surface area (Å²) in [4.78, 5) is 15.0. The number of nitrogens with one attached hydrogen (secondary N) is 1. The summed E-state index contributed by atoms with van der Waals surface area (Å²) in [7, 11) is 0. The Morgan fingerprint density at radius 2 is 2.00 bits per heavy atom. The van der Waals surface area contributed by atoms with Gasteiger partial charge in [-0.2, -0.15) is 0 Å². The predicted molar refractivity (Wildman–Crippen MR) is 59.3 cm³/mol. The van der Waals surface area contributed by atoms with E-state index >= 15 is 0 Å². The van der Waals surface area contributed by atoms with Gasteiger partial charge in [-0.05, 0) is 39.8 Å². The number of aromatic nitrogens is 1. The second kappa shape index (κ2) is 3.88. The van der Waals surface area contributed by atoms with Crippen LogP contribution in [0.25, 0.3) is 0 Å². The number of rotatable bonds is 2. The van der Waals surface area contributed by atoms with Gasteiger partial charge in [0, 0.05) is 11.2 Å². The number of aryl methyl sites for hydroxylation is 1. The van der Waals surface area contributed by atoms with Gasteiger partial charge in [-0.25, -0.2) is 9.78 Å². The minimum Gasteiger partial charge on any atom is -0.478 e. The topological polar surface area (TPSA) is 62.2 Å². The lowest BCUT2D eigenvalue weighted by Gasteiger charge is -2.21. The summed E-state index contributed by atoms with van der Waals surface area (Å²) in [5.74, 6) is -0.336. The fraction of sp³-hybridized carbons (Fsp3) is 0.455. The number of pyridine rings is 1. The summed E-state index contributed by atoms with van der Waals surface area (Å²) in [6, 6.07) is 3.09. The summed E-state index contributed by atoms with van der Waals surface area (Å²) in [5.41, 5.74) is 0.826. The van der Waals surface area contributed by atoms with Crippen LogP contribution in [0.5, 0.6) is 0 Å². The molecule has 0 aliphatic rings. The number of hydrogen-bond acceptors (Lipinski definition) is 3. The Balaban J connectivity index is 3.04. The van der Waals surface area contributed by atoms with Gasteiger partial charge in [-0.3, -0.25) is 0 Å². The van der Waals surface area contributed by atoms with E-state index in [4.69, 9.17) is 5.11 Å². The number of aromatic carboxylic acids is 1. The van der Waals surface area contributed by atoms with Gasteiger partial charge >= 0.3 is 5.97 Å². The molecule has 2 N–H and O–H groups in total. The van der Waals surface area contributed by atoms with Crippen molar-refractivity contribution in [3.63, 3.8) is 0 Å². The standard InChI is InChI=1S/C11H16N2O2/c1-7-5-8(10(14)15)6-9(12-7)13-11(2,3)4/h5-6H,1-4H3,(H,12,13)(H,14,15). The van der Waals surface area contributed by atoms with E-state index in [2.05, 4.69) is 10.3 Å². The predicted octanol–water partition coefficient (Wildman–Crippen LogP) is 2.30. The second-order valence-corrected chi connectivity index (χ2v) is 4.56. The third-order valence-corrected chi connectivity index (χ3v) is 1.70. The molecule has 82 valence electrons. The van der Waals surface area contributed by atoms with E-state index in [0.717, 1.165) is 0 Å². The van der Waals surface area contributed by atoms with E-state index in [1.807, 2.05) is 20.8 Å². The molecule has 1 heterocycles.